The Kier molecular flexibility index (Phi) is 6.95. The molecular formula is C24H29ClN6O3S. The monoisotopic (exact) mass is 516 g/mol. The van der Waals surface area contributed by atoms with Crippen LogP contribution in [0.1, 0.15) is 38.5 Å². The SMILES string of the molecule is O=C(NCCS(=O)(=O)N[C@H]1CC[C@H](Nc2cc(-c3c[nH]c4ncccc34)cc(Cl)n2)CC1)C1CC1. The highest BCUT2D eigenvalue weighted by Gasteiger charge is 2.30. The first-order chi connectivity index (χ1) is 16.9. The number of pyridine rings is 2. The fourth-order valence-electron chi connectivity index (χ4n) is 4.60. The summed E-state index contributed by atoms with van der Waals surface area (Å²) in [5.41, 5.74) is 2.77. The number of fused-ring (bicyclic) bond motifs is 1. The van der Waals surface area contributed by atoms with Crippen LogP contribution in [0.15, 0.2) is 36.7 Å². The molecule has 3 aromatic heterocycles. The Balaban J connectivity index is 1.14. The Morgan fingerprint density at radius 2 is 1.89 bits per heavy atom. The van der Waals surface area contributed by atoms with Crippen LogP contribution in [0.2, 0.25) is 5.15 Å². The van der Waals surface area contributed by atoms with Crippen molar-refractivity contribution >= 4 is 44.4 Å². The average Bonchev–Trinajstić information content (AvgIpc) is 3.59. The summed E-state index contributed by atoms with van der Waals surface area (Å²) in [6, 6.07) is 7.81. The molecule has 0 atom stereocenters. The summed E-state index contributed by atoms with van der Waals surface area (Å²) in [5, 5.41) is 7.60. The molecule has 0 unspecified atom stereocenters. The molecule has 0 aromatic carbocycles. The molecule has 35 heavy (non-hydrogen) atoms. The molecule has 2 aliphatic rings. The van der Waals surface area contributed by atoms with E-state index >= 15 is 0 Å². The van der Waals surface area contributed by atoms with Gasteiger partial charge in [0.25, 0.3) is 0 Å². The second-order valence-electron chi connectivity index (χ2n) is 9.36. The molecule has 2 fully saturated rings. The van der Waals surface area contributed by atoms with Crippen molar-refractivity contribution in [1.29, 1.82) is 0 Å². The number of halogens is 1. The molecule has 0 radical (unpaired) electrons. The van der Waals surface area contributed by atoms with Gasteiger partial charge in [-0.3, -0.25) is 4.79 Å². The predicted molar refractivity (Wildman–Crippen MR) is 137 cm³/mol. The van der Waals surface area contributed by atoms with E-state index in [9.17, 15) is 13.2 Å². The Bertz CT molecular complexity index is 1320. The first-order valence-electron chi connectivity index (χ1n) is 12.0. The van der Waals surface area contributed by atoms with Crippen molar-refractivity contribution in [3.8, 4) is 11.1 Å². The first-order valence-corrected chi connectivity index (χ1v) is 14.0. The van der Waals surface area contributed by atoms with Gasteiger partial charge >= 0.3 is 0 Å². The highest BCUT2D eigenvalue weighted by molar-refractivity contribution is 7.89. The molecule has 0 bridgehead atoms. The number of H-pyrrole nitrogens is 1. The van der Waals surface area contributed by atoms with E-state index in [1.165, 1.54) is 0 Å². The van der Waals surface area contributed by atoms with Gasteiger partial charge in [-0.05, 0) is 68.4 Å². The summed E-state index contributed by atoms with van der Waals surface area (Å²) >= 11 is 6.33. The smallest absolute Gasteiger partial charge is 0.223 e. The lowest BCUT2D eigenvalue weighted by Gasteiger charge is -2.30. The second kappa shape index (κ2) is 10.1. The van der Waals surface area contributed by atoms with E-state index in [2.05, 4.69) is 30.3 Å². The lowest BCUT2D eigenvalue weighted by atomic mass is 9.92. The van der Waals surface area contributed by atoms with Crippen LogP contribution in [-0.4, -0.2) is 53.7 Å². The molecule has 2 saturated carbocycles. The van der Waals surface area contributed by atoms with Crippen LogP contribution in [0.4, 0.5) is 5.82 Å². The van der Waals surface area contributed by atoms with Crippen molar-refractivity contribution in [2.75, 3.05) is 17.6 Å². The van der Waals surface area contributed by atoms with Crippen molar-refractivity contribution in [3.63, 3.8) is 0 Å². The van der Waals surface area contributed by atoms with Crippen molar-refractivity contribution in [3.05, 3.63) is 41.8 Å². The number of aromatic amines is 1. The van der Waals surface area contributed by atoms with E-state index in [0.717, 1.165) is 60.7 Å². The van der Waals surface area contributed by atoms with Crippen molar-refractivity contribution in [2.45, 2.75) is 50.6 Å². The van der Waals surface area contributed by atoms with Crippen LogP contribution in [0.25, 0.3) is 22.2 Å². The molecule has 2 aliphatic carbocycles. The second-order valence-corrected chi connectivity index (χ2v) is 11.6. The Morgan fingerprint density at radius 1 is 1.11 bits per heavy atom. The first kappa shape index (κ1) is 24.0. The summed E-state index contributed by atoms with van der Waals surface area (Å²) in [6.07, 6.45) is 8.56. The zero-order valence-corrected chi connectivity index (χ0v) is 20.8. The van der Waals surface area contributed by atoms with Gasteiger partial charge in [-0.2, -0.15) is 0 Å². The Morgan fingerprint density at radius 3 is 2.66 bits per heavy atom. The third kappa shape index (κ3) is 6.12. The quantitative estimate of drug-likeness (QED) is 0.322. The van der Waals surface area contributed by atoms with Gasteiger partial charge in [0, 0.05) is 47.9 Å². The molecular weight excluding hydrogens is 488 g/mol. The van der Waals surface area contributed by atoms with E-state index in [1.54, 1.807) is 6.20 Å². The van der Waals surface area contributed by atoms with Crippen LogP contribution >= 0.6 is 11.6 Å². The molecule has 0 aliphatic heterocycles. The lowest BCUT2D eigenvalue weighted by Crippen LogP contribution is -2.43. The van der Waals surface area contributed by atoms with Crippen LogP contribution in [0, 0.1) is 5.92 Å². The number of nitrogens with one attached hydrogen (secondary N) is 4. The molecule has 186 valence electrons. The minimum Gasteiger partial charge on any atom is -0.367 e. The van der Waals surface area contributed by atoms with E-state index < -0.39 is 10.0 Å². The number of sulfonamides is 1. The fraction of sp³-hybridized carbons (Fsp3) is 0.458. The van der Waals surface area contributed by atoms with E-state index in [4.69, 9.17) is 11.6 Å². The number of anilines is 1. The largest absolute Gasteiger partial charge is 0.367 e. The third-order valence-corrected chi connectivity index (χ3v) is 8.23. The molecule has 0 spiro atoms. The number of carbonyl (C=O) groups excluding carboxylic acids is 1. The maximum Gasteiger partial charge on any atom is 0.223 e. The van der Waals surface area contributed by atoms with Crippen LogP contribution in [0.5, 0.6) is 0 Å². The summed E-state index contributed by atoms with van der Waals surface area (Å²) in [5.74, 6) is 0.646. The number of hydrogen-bond donors (Lipinski definition) is 4. The van der Waals surface area contributed by atoms with Gasteiger partial charge in [-0.15, -0.1) is 0 Å². The highest BCUT2D eigenvalue weighted by Crippen LogP contribution is 2.32. The maximum atomic E-state index is 12.4. The van der Waals surface area contributed by atoms with Gasteiger partial charge in [0.1, 0.15) is 16.6 Å². The topological polar surface area (TPSA) is 129 Å². The van der Waals surface area contributed by atoms with Gasteiger partial charge in [-0.25, -0.2) is 23.1 Å². The third-order valence-electron chi connectivity index (χ3n) is 6.60. The van der Waals surface area contributed by atoms with Gasteiger partial charge in [0.15, 0.2) is 0 Å². The minimum absolute atomic E-state index is 0.0362. The van der Waals surface area contributed by atoms with Gasteiger partial charge in [0.05, 0.1) is 5.75 Å². The minimum atomic E-state index is -3.44. The summed E-state index contributed by atoms with van der Waals surface area (Å²) in [4.78, 5) is 23.7. The maximum absolute atomic E-state index is 12.4. The van der Waals surface area contributed by atoms with E-state index in [0.29, 0.717) is 11.0 Å². The lowest BCUT2D eigenvalue weighted by molar-refractivity contribution is -0.122. The number of aromatic nitrogens is 3. The Labute approximate surface area is 209 Å². The van der Waals surface area contributed by atoms with Crippen LogP contribution in [0.3, 0.4) is 0 Å². The summed E-state index contributed by atoms with van der Waals surface area (Å²) < 4.78 is 27.6. The van der Waals surface area contributed by atoms with Crippen LogP contribution < -0.4 is 15.4 Å². The van der Waals surface area contributed by atoms with Crippen LogP contribution in [-0.2, 0) is 14.8 Å². The fourth-order valence-corrected chi connectivity index (χ4v) is 6.04. The number of rotatable bonds is 9. The van der Waals surface area contributed by atoms with Crippen molar-refractivity contribution < 1.29 is 13.2 Å². The van der Waals surface area contributed by atoms with E-state index in [1.807, 2.05) is 30.5 Å². The number of hydrogen-bond acceptors (Lipinski definition) is 6. The van der Waals surface area contributed by atoms with Crippen molar-refractivity contribution in [1.82, 2.24) is 25.0 Å². The molecule has 4 N–H and O–H groups in total. The normalized spacial score (nSPS) is 20.6. The molecule has 3 aromatic rings. The Hall–Kier alpha value is -2.69. The standard InChI is InChI=1S/C24H29ClN6O3S/c25-21-12-16(20-14-28-23-19(20)2-1-9-26-23)13-22(30-21)29-17-5-7-18(8-6-17)31-35(33,34)11-10-27-24(32)15-3-4-15/h1-2,9,12-15,17-18,31H,3-8,10-11H2,(H,26,28)(H,27,32)(H,29,30)/t17-,18-. The zero-order chi connectivity index (χ0) is 24.4. The molecule has 9 nitrogen and oxygen atoms in total. The average molecular weight is 517 g/mol. The molecule has 3 heterocycles. The number of nitrogens with zero attached hydrogens (tertiary/aromatic N) is 2. The summed E-state index contributed by atoms with van der Waals surface area (Å²) in [6.45, 7) is 0.150. The van der Waals surface area contributed by atoms with Crippen molar-refractivity contribution in [2.24, 2.45) is 5.92 Å². The molecule has 1 amide bonds. The highest BCUT2D eigenvalue weighted by atomic mass is 35.5. The van der Waals surface area contributed by atoms with E-state index in [-0.39, 0.29) is 36.2 Å². The molecule has 5 rings (SSSR count). The van der Waals surface area contributed by atoms with Gasteiger partial charge in [-0.1, -0.05) is 11.6 Å². The zero-order valence-electron chi connectivity index (χ0n) is 19.3. The number of carbonyl (C=O) groups is 1. The summed E-state index contributed by atoms with van der Waals surface area (Å²) in [7, 11) is -3.44. The molecule has 0 saturated heterocycles. The molecule has 11 heteroatoms. The number of amides is 1. The van der Waals surface area contributed by atoms with Gasteiger partial charge < -0.3 is 15.6 Å². The van der Waals surface area contributed by atoms with Gasteiger partial charge in [0.2, 0.25) is 15.9 Å². The predicted octanol–water partition coefficient (Wildman–Crippen LogP) is 3.45.